The van der Waals surface area contributed by atoms with Crippen LogP contribution in [-0.2, 0) is 32.6 Å². The molecule has 4 aromatic carbocycles. The van der Waals surface area contributed by atoms with Crippen LogP contribution in [0.25, 0.3) is 0 Å². The van der Waals surface area contributed by atoms with E-state index in [2.05, 4.69) is 5.32 Å². The average Bonchev–Trinajstić information content (AvgIpc) is 3.02. The fourth-order valence-electron chi connectivity index (χ4n) is 4.76. The van der Waals surface area contributed by atoms with Gasteiger partial charge in [-0.3, -0.25) is 13.9 Å². The van der Waals surface area contributed by atoms with Crippen molar-refractivity contribution in [3.05, 3.63) is 125 Å². The van der Waals surface area contributed by atoms with Crippen LogP contribution in [0.15, 0.2) is 114 Å². The first-order valence-electron chi connectivity index (χ1n) is 14.2. The van der Waals surface area contributed by atoms with Crippen LogP contribution in [0.4, 0.5) is 5.69 Å². The van der Waals surface area contributed by atoms with Crippen LogP contribution in [-0.4, -0.2) is 50.9 Å². The van der Waals surface area contributed by atoms with Crippen molar-refractivity contribution in [2.24, 2.45) is 0 Å². The van der Waals surface area contributed by atoms with Crippen molar-refractivity contribution in [3.63, 3.8) is 0 Å². The van der Waals surface area contributed by atoms with Gasteiger partial charge in [-0.2, -0.15) is 0 Å². The third kappa shape index (κ3) is 8.39. The molecule has 0 saturated carbocycles. The highest BCUT2D eigenvalue weighted by atomic mass is 35.5. The van der Waals surface area contributed by atoms with Crippen LogP contribution in [0.2, 0.25) is 5.02 Å². The summed E-state index contributed by atoms with van der Waals surface area (Å²) in [5.74, 6) is -0.293. The fourth-order valence-corrected chi connectivity index (χ4v) is 6.30. The first-order chi connectivity index (χ1) is 21.1. The number of halogens is 1. The SMILES string of the molecule is COc1cccc(CN(C(=O)CN(c2ccccc2)S(=O)(=O)c2ccc(Cl)cc2)[C@H](Cc2ccccc2)C(=O)NC(C)C)c1. The Morgan fingerprint density at radius 3 is 2.07 bits per heavy atom. The molecule has 4 rings (SSSR count). The monoisotopic (exact) mass is 633 g/mol. The second kappa shape index (κ2) is 14.9. The summed E-state index contributed by atoms with van der Waals surface area (Å²) < 4.78 is 34.5. The molecular weight excluding hydrogens is 598 g/mol. The van der Waals surface area contributed by atoms with E-state index in [0.29, 0.717) is 16.5 Å². The number of anilines is 1. The highest BCUT2D eigenvalue weighted by Crippen LogP contribution is 2.26. The number of carbonyl (C=O) groups is 2. The summed E-state index contributed by atoms with van der Waals surface area (Å²) in [5.41, 5.74) is 1.89. The Kier molecular flexibility index (Phi) is 11.0. The third-order valence-corrected chi connectivity index (χ3v) is 8.95. The topological polar surface area (TPSA) is 96.0 Å². The zero-order valence-electron chi connectivity index (χ0n) is 24.9. The highest BCUT2D eigenvalue weighted by Gasteiger charge is 2.34. The molecule has 230 valence electrons. The summed E-state index contributed by atoms with van der Waals surface area (Å²) in [6.07, 6.45) is 0.227. The van der Waals surface area contributed by atoms with Gasteiger partial charge in [0.2, 0.25) is 11.8 Å². The molecule has 8 nitrogen and oxygen atoms in total. The smallest absolute Gasteiger partial charge is 0.264 e. The summed E-state index contributed by atoms with van der Waals surface area (Å²) in [7, 11) is -2.65. The van der Waals surface area contributed by atoms with Gasteiger partial charge in [-0.1, -0.05) is 72.3 Å². The standard InChI is InChI=1S/C34H36ClN3O5S/c1-25(2)36-34(40)32(22-26-11-6-4-7-12-26)37(23-27-13-10-16-30(21-27)43-3)33(39)24-38(29-14-8-5-9-15-29)44(41,42)31-19-17-28(35)18-20-31/h4-21,25,32H,22-24H2,1-3H3,(H,36,40)/t32-/m1/s1. The molecule has 1 atom stereocenters. The fraction of sp³-hybridized carbons (Fsp3) is 0.235. The zero-order chi connectivity index (χ0) is 31.7. The zero-order valence-corrected chi connectivity index (χ0v) is 26.5. The molecule has 1 N–H and O–H groups in total. The van der Waals surface area contributed by atoms with E-state index in [9.17, 15) is 18.0 Å². The van der Waals surface area contributed by atoms with Gasteiger partial charge in [0.05, 0.1) is 17.7 Å². The molecule has 0 aliphatic rings. The van der Waals surface area contributed by atoms with E-state index in [0.717, 1.165) is 15.4 Å². The van der Waals surface area contributed by atoms with Crippen LogP contribution in [0, 0.1) is 0 Å². The number of hydrogen-bond acceptors (Lipinski definition) is 5. The van der Waals surface area contributed by atoms with Crippen LogP contribution in [0.5, 0.6) is 5.75 Å². The van der Waals surface area contributed by atoms with Gasteiger partial charge in [-0.25, -0.2) is 8.42 Å². The lowest BCUT2D eigenvalue weighted by atomic mass is 10.0. The largest absolute Gasteiger partial charge is 0.497 e. The number of nitrogens with one attached hydrogen (secondary N) is 1. The molecule has 4 aromatic rings. The molecular formula is C34H36ClN3O5S. The quantitative estimate of drug-likeness (QED) is 0.204. The number of carbonyl (C=O) groups excluding carboxylic acids is 2. The van der Waals surface area contributed by atoms with E-state index in [1.54, 1.807) is 55.6 Å². The van der Waals surface area contributed by atoms with Gasteiger partial charge in [0.15, 0.2) is 0 Å². The van der Waals surface area contributed by atoms with Crippen molar-refractivity contribution >= 4 is 39.1 Å². The number of rotatable bonds is 13. The van der Waals surface area contributed by atoms with E-state index in [1.165, 1.54) is 29.2 Å². The predicted molar refractivity (Wildman–Crippen MR) is 173 cm³/mol. The lowest BCUT2D eigenvalue weighted by Gasteiger charge is -2.34. The van der Waals surface area contributed by atoms with E-state index in [-0.39, 0.29) is 29.8 Å². The Labute approximate surface area is 264 Å². The molecule has 0 spiro atoms. The lowest BCUT2D eigenvalue weighted by molar-refractivity contribution is -0.140. The van der Waals surface area contributed by atoms with Gasteiger partial charge in [0.1, 0.15) is 18.3 Å². The molecule has 44 heavy (non-hydrogen) atoms. The minimum atomic E-state index is -4.20. The minimum Gasteiger partial charge on any atom is -0.497 e. The number of sulfonamides is 1. The normalized spacial score (nSPS) is 11.9. The minimum absolute atomic E-state index is 0.0173. The van der Waals surface area contributed by atoms with Gasteiger partial charge < -0.3 is 15.0 Å². The van der Waals surface area contributed by atoms with E-state index >= 15 is 0 Å². The molecule has 0 radical (unpaired) electrons. The molecule has 0 aromatic heterocycles. The molecule has 0 bridgehead atoms. The number of para-hydroxylation sites is 1. The molecule has 2 amide bonds. The van der Waals surface area contributed by atoms with Gasteiger partial charge in [0.25, 0.3) is 10.0 Å². The molecule has 0 aliphatic carbocycles. The maximum Gasteiger partial charge on any atom is 0.264 e. The summed E-state index contributed by atoms with van der Waals surface area (Å²) >= 11 is 6.03. The van der Waals surface area contributed by atoms with Crippen molar-refractivity contribution in [3.8, 4) is 5.75 Å². The molecule has 0 saturated heterocycles. The predicted octanol–water partition coefficient (Wildman–Crippen LogP) is 5.71. The van der Waals surface area contributed by atoms with Crippen LogP contribution in [0.3, 0.4) is 0 Å². The van der Waals surface area contributed by atoms with Crippen LogP contribution >= 0.6 is 11.6 Å². The van der Waals surface area contributed by atoms with Gasteiger partial charge in [0, 0.05) is 24.0 Å². The molecule has 10 heteroatoms. The Hall–Kier alpha value is -4.34. The Balaban J connectivity index is 1.79. The lowest BCUT2D eigenvalue weighted by Crippen LogP contribution is -2.54. The number of nitrogens with zero attached hydrogens (tertiary/aromatic N) is 2. The first-order valence-corrected chi connectivity index (χ1v) is 16.0. The van der Waals surface area contributed by atoms with Gasteiger partial charge >= 0.3 is 0 Å². The second-order valence-electron chi connectivity index (χ2n) is 10.5. The van der Waals surface area contributed by atoms with Crippen molar-refractivity contribution in [2.75, 3.05) is 18.0 Å². The van der Waals surface area contributed by atoms with E-state index < -0.39 is 28.5 Å². The molecule has 0 unspecified atom stereocenters. The van der Waals surface area contributed by atoms with Crippen molar-refractivity contribution < 1.29 is 22.7 Å². The Bertz CT molecular complexity index is 1650. The van der Waals surface area contributed by atoms with Crippen LogP contribution < -0.4 is 14.4 Å². The number of methoxy groups -OCH3 is 1. The summed E-state index contributed by atoms with van der Waals surface area (Å²) in [5, 5.41) is 3.34. The molecule has 0 heterocycles. The Morgan fingerprint density at radius 1 is 0.841 bits per heavy atom. The van der Waals surface area contributed by atoms with Crippen molar-refractivity contribution in [2.45, 2.75) is 43.8 Å². The molecule has 0 fully saturated rings. The number of hydrogen-bond donors (Lipinski definition) is 1. The molecule has 0 aliphatic heterocycles. The van der Waals surface area contributed by atoms with E-state index in [1.807, 2.05) is 50.2 Å². The summed E-state index contributed by atoms with van der Waals surface area (Å²) in [6.45, 7) is 3.20. The number of ether oxygens (including phenoxy) is 1. The first kappa shape index (κ1) is 32.6. The summed E-state index contributed by atoms with van der Waals surface area (Å²) in [4.78, 5) is 29.6. The Morgan fingerprint density at radius 2 is 1.45 bits per heavy atom. The van der Waals surface area contributed by atoms with Crippen molar-refractivity contribution in [1.29, 1.82) is 0 Å². The third-order valence-electron chi connectivity index (χ3n) is 6.91. The van der Waals surface area contributed by atoms with Gasteiger partial charge in [-0.05, 0) is 73.5 Å². The average molecular weight is 634 g/mol. The number of benzene rings is 4. The van der Waals surface area contributed by atoms with Crippen molar-refractivity contribution in [1.82, 2.24) is 10.2 Å². The second-order valence-corrected chi connectivity index (χ2v) is 12.8. The van der Waals surface area contributed by atoms with E-state index in [4.69, 9.17) is 16.3 Å². The van der Waals surface area contributed by atoms with Gasteiger partial charge in [-0.15, -0.1) is 0 Å². The summed E-state index contributed by atoms with van der Waals surface area (Å²) in [6, 6.07) is 29.7. The maximum atomic E-state index is 14.4. The highest BCUT2D eigenvalue weighted by molar-refractivity contribution is 7.92. The number of amides is 2. The maximum absolute atomic E-state index is 14.4. The van der Waals surface area contributed by atoms with Crippen LogP contribution in [0.1, 0.15) is 25.0 Å².